The molecule has 0 radical (unpaired) electrons. The number of aromatic amines is 1. The van der Waals surface area contributed by atoms with Crippen molar-refractivity contribution in [3.05, 3.63) is 35.0 Å². The van der Waals surface area contributed by atoms with E-state index in [9.17, 15) is 9.90 Å². The first-order valence-electron chi connectivity index (χ1n) is 6.83. The van der Waals surface area contributed by atoms with Crippen molar-refractivity contribution in [3.8, 4) is 0 Å². The Hall–Kier alpha value is -1.77. The van der Waals surface area contributed by atoms with Crippen molar-refractivity contribution >= 4 is 16.9 Å². The molecule has 1 aliphatic rings. The number of rotatable bonds is 3. The molecule has 19 heavy (non-hydrogen) atoms. The molecule has 1 heterocycles. The van der Waals surface area contributed by atoms with Crippen LogP contribution in [0.25, 0.3) is 10.9 Å². The molecule has 0 saturated carbocycles. The van der Waals surface area contributed by atoms with E-state index >= 15 is 0 Å². The Balaban J connectivity index is 2.00. The van der Waals surface area contributed by atoms with E-state index in [-0.39, 0.29) is 0 Å². The van der Waals surface area contributed by atoms with E-state index in [1.165, 1.54) is 28.6 Å². The summed E-state index contributed by atoms with van der Waals surface area (Å²) >= 11 is 0. The fourth-order valence-electron chi connectivity index (χ4n) is 2.99. The molecule has 0 saturated heterocycles. The lowest BCUT2D eigenvalue weighted by molar-refractivity contribution is -0.146. The lowest BCUT2D eigenvalue weighted by Crippen LogP contribution is -2.26. The Kier molecular flexibility index (Phi) is 2.66. The number of H-pyrrole nitrogens is 1. The maximum atomic E-state index is 11.2. The summed E-state index contributed by atoms with van der Waals surface area (Å²) in [5.41, 5.74) is 4.37. The molecular weight excluding hydrogens is 238 g/mol. The zero-order valence-electron chi connectivity index (χ0n) is 11.4. The molecule has 0 fully saturated rings. The number of aliphatic carboxylic acids is 1. The van der Waals surface area contributed by atoms with Gasteiger partial charge in [-0.1, -0.05) is 6.07 Å². The Morgan fingerprint density at radius 1 is 1.37 bits per heavy atom. The zero-order chi connectivity index (χ0) is 13.6. The number of hydrogen-bond acceptors (Lipinski definition) is 1. The van der Waals surface area contributed by atoms with Gasteiger partial charge in [-0.2, -0.15) is 0 Å². The van der Waals surface area contributed by atoms with Crippen molar-refractivity contribution < 1.29 is 9.90 Å². The Bertz CT molecular complexity index is 652. The minimum absolute atomic E-state index is 0.568. The minimum Gasteiger partial charge on any atom is -0.481 e. The number of fused-ring (bicyclic) bond motifs is 3. The van der Waals surface area contributed by atoms with Crippen LogP contribution < -0.4 is 0 Å². The SMILES string of the molecule is CC(C)(Cc1ccc2[nH]c3c(c2c1)CCC3)C(=O)O. The summed E-state index contributed by atoms with van der Waals surface area (Å²) in [4.78, 5) is 14.7. The predicted octanol–water partition coefficient (Wildman–Crippen LogP) is 3.31. The molecule has 3 rings (SSSR count). The molecule has 1 aromatic heterocycles. The summed E-state index contributed by atoms with van der Waals surface area (Å²) in [5.74, 6) is -0.744. The van der Waals surface area contributed by atoms with Gasteiger partial charge in [0.1, 0.15) is 0 Å². The first kappa shape index (κ1) is 12.3. The van der Waals surface area contributed by atoms with Gasteiger partial charge >= 0.3 is 5.97 Å². The topological polar surface area (TPSA) is 53.1 Å². The highest BCUT2D eigenvalue weighted by atomic mass is 16.4. The first-order chi connectivity index (χ1) is 8.97. The van der Waals surface area contributed by atoms with Crippen LogP contribution in [-0.4, -0.2) is 16.1 Å². The maximum absolute atomic E-state index is 11.2. The van der Waals surface area contributed by atoms with Gasteiger partial charge in [0.25, 0.3) is 0 Å². The van der Waals surface area contributed by atoms with Crippen molar-refractivity contribution in [2.45, 2.75) is 39.5 Å². The van der Waals surface area contributed by atoms with Gasteiger partial charge < -0.3 is 10.1 Å². The van der Waals surface area contributed by atoms with Crippen molar-refractivity contribution in [1.29, 1.82) is 0 Å². The molecule has 2 N–H and O–H groups in total. The van der Waals surface area contributed by atoms with Crippen molar-refractivity contribution in [2.75, 3.05) is 0 Å². The van der Waals surface area contributed by atoms with Gasteiger partial charge in [0, 0.05) is 16.6 Å². The predicted molar refractivity (Wildman–Crippen MR) is 75.4 cm³/mol. The summed E-state index contributed by atoms with van der Waals surface area (Å²) in [5, 5.41) is 10.5. The number of benzene rings is 1. The molecular formula is C16H19NO2. The Morgan fingerprint density at radius 2 is 2.16 bits per heavy atom. The van der Waals surface area contributed by atoms with Gasteiger partial charge in [0.2, 0.25) is 0 Å². The minimum atomic E-state index is -0.744. The number of aromatic nitrogens is 1. The van der Waals surface area contributed by atoms with Crippen LogP contribution in [0.2, 0.25) is 0 Å². The highest BCUT2D eigenvalue weighted by Gasteiger charge is 2.27. The van der Waals surface area contributed by atoms with E-state index in [2.05, 4.69) is 17.1 Å². The van der Waals surface area contributed by atoms with E-state index in [1.54, 1.807) is 13.8 Å². The molecule has 0 amide bonds. The van der Waals surface area contributed by atoms with Gasteiger partial charge in [-0.15, -0.1) is 0 Å². The molecule has 100 valence electrons. The van der Waals surface area contributed by atoms with E-state index in [1.807, 2.05) is 6.07 Å². The van der Waals surface area contributed by atoms with E-state index in [0.717, 1.165) is 18.4 Å². The first-order valence-corrected chi connectivity index (χ1v) is 6.83. The number of carboxylic acid groups (broad SMARTS) is 1. The molecule has 0 unspecified atom stereocenters. The third-order valence-electron chi connectivity index (χ3n) is 4.14. The van der Waals surface area contributed by atoms with Gasteiger partial charge in [0.05, 0.1) is 5.41 Å². The lowest BCUT2D eigenvalue weighted by Gasteiger charge is -2.19. The fourth-order valence-corrected chi connectivity index (χ4v) is 2.99. The second-order valence-electron chi connectivity index (χ2n) is 6.18. The monoisotopic (exact) mass is 257 g/mol. The van der Waals surface area contributed by atoms with Crippen molar-refractivity contribution in [3.63, 3.8) is 0 Å². The largest absolute Gasteiger partial charge is 0.481 e. The average Bonchev–Trinajstić information content (AvgIpc) is 2.89. The molecule has 0 aliphatic heterocycles. The fraction of sp³-hybridized carbons (Fsp3) is 0.438. The van der Waals surface area contributed by atoms with Crippen molar-refractivity contribution in [2.24, 2.45) is 5.41 Å². The Morgan fingerprint density at radius 3 is 2.89 bits per heavy atom. The Labute approximate surface area is 112 Å². The lowest BCUT2D eigenvalue weighted by atomic mass is 9.85. The molecule has 3 nitrogen and oxygen atoms in total. The summed E-state index contributed by atoms with van der Waals surface area (Å²) in [6.07, 6.45) is 4.07. The van der Waals surface area contributed by atoms with Crippen LogP contribution in [0.15, 0.2) is 18.2 Å². The number of carboxylic acids is 1. The van der Waals surface area contributed by atoms with Crippen LogP contribution in [0.1, 0.15) is 37.1 Å². The molecule has 3 heteroatoms. The second kappa shape index (κ2) is 4.12. The molecule has 0 bridgehead atoms. The third kappa shape index (κ3) is 2.03. The standard InChI is InChI=1S/C16H19NO2/c1-16(2,15(18)19)9-10-6-7-14-12(8-10)11-4-3-5-13(11)17-14/h6-8,17H,3-5,9H2,1-2H3,(H,18,19). The van der Waals surface area contributed by atoms with Crippen LogP contribution in [-0.2, 0) is 24.1 Å². The van der Waals surface area contributed by atoms with Crippen LogP contribution in [0.5, 0.6) is 0 Å². The van der Waals surface area contributed by atoms with Crippen molar-refractivity contribution in [1.82, 2.24) is 4.98 Å². The summed E-state index contributed by atoms with van der Waals surface area (Å²) in [6, 6.07) is 6.29. The van der Waals surface area contributed by atoms with Crippen LogP contribution >= 0.6 is 0 Å². The number of aryl methyl sites for hydroxylation is 2. The molecule has 1 aromatic carbocycles. The van der Waals surface area contributed by atoms with Gasteiger partial charge in [-0.25, -0.2) is 0 Å². The second-order valence-corrected chi connectivity index (χ2v) is 6.18. The van der Waals surface area contributed by atoms with Crippen LogP contribution in [0.3, 0.4) is 0 Å². The van der Waals surface area contributed by atoms with Crippen LogP contribution in [0, 0.1) is 5.41 Å². The van der Waals surface area contributed by atoms with Gasteiger partial charge in [-0.05, 0) is 62.8 Å². The normalized spacial score (nSPS) is 14.8. The number of carbonyl (C=O) groups is 1. The van der Waals surface area contributed by atoms with E-state index < -0.39 is 11.4 Å². The van der Waals surface area contributed by atoms with Gasteiger partial charge in [0.15, 0.2) is 0 Å². The van der Waals surface area contributed by atoms with E-state index in [4.69, 9.17) is 0 Å². The molecule has 2 aromatic rings. The number of hydrogen-bond donors (Lipinski definition) is 2. The summed E-state index contributed by atoms with van der Waals surface area (Å²) in [7, 11) is 0. The summed E-state index contributed by atoms with van der Waals surface area (Å²) in [6.45, 7) is 3.56. The number of nitrogens with one attached hydrogen (secondary N) is 1. The third-order valence-corrected chi connectivity index (χ3v) is 4.14. The maximum Gasteiger partial charge on any atom is 0.309 e. The molecule has 1 aliphatic carbocycles. The molecule has 0 atom stereocenters. The van der Waals surface area contributed by atoms with Gasteiger partial charge in [-0.3, -0.25) is 4.79 Å². The highest BCUT2D eigenvalue weighted by Crippen LogP contribution is 2.32. The van der Waals surface area contributed by atoms with Crippen LogP contribution in [0.4, 0.5) is 0 Å². The summed E-state index contributed by atoms with van der Waals surface area (Å²) < 4.78 is 0. The smallest absolute Gasteiger partial charge is 0.309 e. The van der Waals surface area contributed by atoms with E-state index in [0.29, 0.717) is 6.42 Å². The molecule has 0 spiro atoms. The zero-order valence-corrected chi connectivity index (χ0v) is 11.4. The quantitative estimate of drug-likeness (QED) is 0.886. The highest BCUT2D eigenvalue weighted by molar-refractivity contribution is 5.86. The average molecular weight is 257 g/mol.